The molecule has 0 nitrogen and oxygen atoms in total. The van der Waals surface area contributed by atoms with E-state index in [1.807, 2.05) is 6.08 Å². The minimum absolute atomic E-state index is 1.15. The molecule has 0 aliphatic carbocycles. The van der Waals surface area contributed by atoms with Crippen LogP contribution in [0.5, 0.6) is 0 Å². The summed E-state index contributed by atoms with van der Waals surface area (Å²) in [5, 5.41) is 0. The molecule has 26 heavy (non-hydrogen) atoms. The number of rotatable bonds is 4. The fourth-order valence-electron chi connectivity index (χ4n) is 3.47. The van der Waals surface area contributed by atoms with Gasteiger partial charge in [-0.05, 0) is 38.9 Å². The van der Waals surface area contributed by atoms with Gasteiger partial charge in [-0.2, -0.15) is 0 Å². The zero-order valence-electron chi connectivity index (χ0n) is 14.6. The molecule has 0 radical (unpaired) electrons. The summed E-state index contributed by atoms with van der Waals surface area (Å²) < 4.78 is 0. The summed E-state index contributed by atoms with van der Waals surface area (Å²) in [4.78, 5) is 0. The number of benzene rings is 4. The summed E-state index contributed by atoms with van der Waals surface area (Å²) >= 11 is 0. The van der Waals surface area contributed by atoms with Crippen molar-refractivity contribution < 1.29 is 0 Å². The van der Waals surface area contributed by atoms with Gasteiger partial charge in [0.05, 0.1) is 0 Å². The Morgan fingerprint density at radius 1 is 0.462 bits per heavy atom. The van der Waals surface area contributed by atoms with Crippen molar-refractivity contribution in [3.05, 3.63) is 115 Å². The molecular formula is C26H20. The molecule has 0 saturated carbocycles. The second-order valence-corrected chi connectivity index (χ2v) is 6.25. The highest BCUT2D eigenvalue weighted by molar-refractivity contribution is 5.95. The summed E-state index contributed by atoms with van der Waals surface area (Å²) in [6, 6.07) is 36.2. The van der Waals surface area contributed by atoms with Gasteiger partial charge >= 0.3 is 0 Å². The number of hydrogen-bond donors (Lipinski definition) is 0. The van der Waals surface area contributed by atoms with E-state index < -0.39 is 0 Å². The molecule has 0 heteroatoms. The van der Waals surface area contributed by atoms with E-state index in [-0.39, 0.29) is 0 Å². The molecule has 4 aromatic carbocycles. The first-order valence-electron chi connectivity index (χ1n) is 8.84. The standard InChI is InChI=1S/C26H20/c1-2-20-16-11-19-24(22-14-7-4-8-15-22)26(20)25-18-10-9-17-23(25)21-12-5-3-6-13-21/h2-19H,1H2. The fourth-order valence-corrected chi connectivity index (χ4v) is 3.47. The molecule has 0 unspecified atom stereocenters. The average Bonchev–Trinajstić information content (AvgIpc) is 2.74. The normalized spacial score (nSPS) is 10.5. The van der Waals surface area contributed by atoms with Crippen molar-refractivity contribution in [3.63, 3.8) is 0 Å². The lowest BCUT2D eigenvalue weighted by molar-refractivity contribution is 1.55. The molecule has 0 aromatic heterocycles. The van der Waals surface area contributed by atoms with Gasteiger partial charge in [0.2, 0.25) is 0 Å². The Morgan fingerprint density at radius 3 is 1.58 bits per heavy atom. The maximum Gasteiger partial charge on any atom is -0.00268 e. The van der Waals surface area contributed by atoms with Crippen LogP contribution in [0.15, 0.2) is 110 Å². The highest BCUT2D eigenvalue weighted by Crippen LogP contribution is 2.40. The molecule has 0 atom stereocenters. The second kappa shape index (κ2) is 7.25. The molecule has 0 aliphatic heterocycles. The van der Waals surface area contributed by atoms with Crippen LogP contribution in [0.3, 0.4) is 0 Å². The third kappa shape index (κ3) is 2.98. The van der Waals surface area contributed by atoms with Gasteiger partial charge in [0.1, 0.15) is 0 Å². The lowest BCUT2D eigenvalue weighted by Crippen LogP contribution is -1.92. The van der Waals surface area contributed by atoms with Gasteiger partial charge in [-0.1, -0.05) is 116 Å². The first-order chi connectivity index (χ1) is 12.9. The highest BCUT2D eigenvalue weighted by Gasteiger charge is 2.14. The van der Waals surface area contributed by atoms with E-state index in [0.717, 1.165) is 5.56 Å². The van der Waals surface area contributed by atoms with Crippen LogP contribution in [0.2, 0.25) is 0 Å². The molecule has 4 rings (SSSR count). The van der Waals surface area contributed by atoms with Crippen molar-refractivity contribution in [2.24, 2.45) is 0 Å². The van der Waals surface area contributed by atoms with Gasteiger partial charge in [0.15, 0.2) is 0 Å². The minimum Gasteiger partial charge on any atom is -0.0984 e. The van der Waals surface area contributed by atoms with Crippen LogP contribution in [-0.4, -0.2) is 0 Å². The molecule has 0 bridgehead atoms. The molecule has 0 N–H and O–H groups in total. The van der Waals surface area contributed by atoms with Crippen molar-refractivity contribution in [1.29, 1.82) is 0 Å². The van der Waals surface area contributed by atoms with E-state index in [0.29, 0.717) is 0 Å². The SMILES string of the molecule is C=Cc1cccc(-c2ccccc2)c1-c1ccccc1-c1ccccc1. The van der Waals surface area contributed by atoms with Crippen molar-refractivity contribution in [3.8, 4) is 33.4 Å². The van der Waals surface area contributed by atoms with Crippen LogP contribution < -0.4 is 0 Å². The van der Waals surface area contributed by atoms with Crippen molar-refractivity contribution in [1.82, 2.24) is 0 Å². The summed E-state index contributed by atoms with van der Waals surface area (Å²) in [6.45, 7) is 4.05. The summed E-state index contributed by atoms with van der Waals surface area (Å²) in [5.41, 5.74) is 8.51. The van der Waals surface area contributed by atoms with Gasteiger partial charge in [0, 0.05) is 0 Å². The van der Waals surface area contributed by atoms with Crippen LogP contribution in [0.4, 0.5) is 0 Å². The van der Waals surface area contributed by atoms with Crippen molar-refractivity contribution >= 4 is 6.08 Å². The van der Waals surface area contributed by atoms with Crippen LogP contribution in [0.25, 0.3) is 39.5 Å². The Hall–Kier alpha value is -3.38. The Morgan fingerprint density at radius 2 is 0.962 bits per heavy atom. The fraction of sp³-hybridized carbons (Fsp3) is 0. The summed E-state index contributed by atoms with van der Waals surface area (Å²) in [5.74, 6) is 0. The Labute approximate surface area is 155 Å². The predicted octanol–water partition coefficient (Wildman–Crippen LogP) is 7.33. The molecule has 0 spiro atoms. The van der Waals surface area contributed by atoms with Gasteiger partial charge < -0.3 is 0 Å². The van der Waals surface area contributed by atoms with Crippen LogP contribution >= 0.6 is 0 Å². The van der Waals surface area contributed by atoms with E-state index in [4.69, 9.17) is 0 Å². The quantitative estimate of drug-likeness (QED) is 0.367. The van der Waals surface area contributed by atoms with Gasteiger partial charge in [-0.25, -0.2) is 0 Å². The zero-order valence-corrected chi connectivity index (χ0v) is 14.6. The van der Waals surface area contributed by atoms with E-state index >= 15 is 0 Å². The van der Waals surface area contributed by atoms with Crippen LogP contribution in [-0.2, 0) is 0 Å². The second-order valence-electron chi connectivity index (χ2n) is 6.25. The predicted molar refractivity (Wildman–Crippen MR) is 113 cm³/mol. The van der Waals surface area contributed by atoms with E-state index in [2.05, 4.69) is 110 Å². The maximum absolute atomic E-state index is 4.05. The van der Waals surface area contributed by atoms with Gasteiger partial charge in [-0.15, -0.1) is 0 Å². The van der Waals surface area contributed by atoms with E-state index in [1.165, 1.54) is 33.4 Å². The lowest BCUT2D eigenvalue weighted by atomic mass is 9.86. The van der Waals surface area contributed by atoms with Gasteiger partial charge in [0.25, 0.3) is 0 Å². The molecule has 124 valence electrons. The Bertz CT molecular complexity index is 1030. The molecule has 4 aromatic rings. The highest BCUT2D eigenvalue weighted by atomic mass is 14.2. The third-order valence-electron chi connectivity index (χ3n) is 4.68. The monoisotopic (exact) mass is 332 g/mol. The third-order valence-corrected chi connectivity index (χ3v) is 4.68. The lowest BCUT2D eigenvalue weighted by Gasteiger charge is -2.17. The minimum atomic E-state index is 1.15. The smallest absolute Gasteiger partial charge is 0.00268 e. The molecule has 0 aliphatic rings. The zero-order chi connectivity index (χ0) is 17.8. The first-order valence-corrected chi connectivity index (χ1v) is 8.84. The Kier molecular flexibility index (Phi) is 4.49. The first kappa shape index (κ1) is 16.1. The molecular weight excluding hydrogens is 312 g/mol. The average molecular weight is 332 g/mol. The largest absolute Gasteiger partial charge is 0.0984 e. The maximum atomic E-state index is 4.05. The Balaban J connectivity index is 2.02. The molecule has 0 fully saturated rings. The molecule has 0 amide bonds. The van der Waals surface area contributed by atoms with Crippen molar-refractivity contribution in [2.45, 2.75) is 0 Å². The van der Waals surface area contributed by atoms with E-state index in [1.54, 1.807) is 0 Å². The van der Waals surface area contributed by atoms with Gasteiger partial charge in [-0.3, -0.25) is 0 Å². The van der Waals surface area contributed by atoms with Crippen LogP contribution in [0, 0.1) is 0 Å². The molecule has 0 saturated heterocycles. The number of hydrogen-bond acceptors (Lipinski definition) is 0. The molecule has 0 heterocycles. The summed E-state index contributed by atoms with van der Waals surface area (Å²) in [7, 11) is 0. The van der Waals surface area contributed by atoms with Crippen molar-refractivity contribution in [2.75, 3.05) is 0 Å². The summed E-state index contributed by atoms with van der Waals surface area (Å²) in [6.07, 6.45) is 1.95. The van der Waals surface area contributed by atoms with Crippen LogP contribution in [0.1, 0.15) is 5.56 Å². The topological polar surface area (TPSA) is 0 Å². The van der Waals surface area contributed by atoms with E-state index in [9.17, 15) is 0 Å².